The summed E-state index contributed by atoms with van der Waals surface area (Å²) in [6.07, 6.45) is 3.18. The molecule has 0 unspecified atom stereocenters. The van der Waals surface area contributed by atoms with Crippen molar-refractivity contribution in [2.24, 2.45) is 0 Å². The average Bonchev–Trinajstić information content (AvgIpc) is 2.87. The summed E-state index contributed by atoms with van der Waals surface area (Å²) in [6, 6.07) is 5.07. The van der Waals surface area contributed by atoms with E-state index in [0.717, 1.165) is 6.07 Å². The molecule has 0 bridgehead atoms. The molecule has 1 aromatic heterocycles. The van der Waals surface area contributed by atoms with Crippen LogP contribution in [0.5, 0.6) is 0 Å². The van der Waals surface area contributed by atoms with Crippen molar-refractivity contribution in [2.45, 2.75) is 24.8 Å². The Hall–Kier alpha value is -2.22. The highest BCUT2D eigenvalue weighted by Gasteiger charge is 2.18. The number of carbonyl (C=O) groups excluding carboxylic acids is 1. The van der Waals surface area contributed by atoms with E-state index >= 15 is 0 Å². The average molecular weight is 311 g/mol. The highest BCUT2D eigenvalue weighted by atomic mass is 32.2. The molecule has 1 aromatic carbocycles. The molecule has 0 saturated heterocycles. The summed E-state index contributed by atoms with van der Waals surface area (Å²) in [5, 5.41) is 3.90. The quantitative estimate of drug-likeness (QED) is 0.900. The van der Waals surface area contributed by atoms with Gasteiger partial charge in [-0.2, -0.15) is 5.10 Å². The molecule has 1 N–H and O–H groups in total. The van der Waals surface area contributed by atoms with E-state index < -0.39 is 21.7 Å². The molecule has 2 aromatic rings. The summed E-state index contributed by atoms with van der Waals surface area (Å²) < 4.78 is 40.6. The van der Waals surface area contributed by atoms with Crippen molar-refractivity contribution in [3.05, 3.63) is 48.0 Å². The third-order valence-electron chi connectivity index (χ3n) is 2.70. The maximum absolute atomic E-state index is 13.2. The number of aryl methyl sites for hydroxylation is 2. The van der Waals surface area contributed by atoms with Crippen molar-refractivity contribution in [3.8, 4) is 0 Å². The van der Waals surface area contributed by atoms with Gasteiger partial charge in [0, 0.05) is 25.4 Å². The molecule has 0 saturated carbocycles. The minimum absolute atomic E-state index is 0.0464. The first-order valence-corrected chi connectivity index (χ1v) is 7.65. The number of rotatable bonds is 5. The van der Waals surface area contributed by atoms with Crippen molar-refractivity contribution >= 4 is 15.9 Å². The van der Waals surface area contributed by atoms with Crippen LogP contribution in [0.15, 0.2) is 41.6 Å². The molecule has 0 radical (unpaired) electrons. The number of sulfonamides is 1. The number of halogens is 1. The van der Waals surface area contributed by atoms with E-state index in [1.165, 1.54) is 16.8 Å². The van der Waals surface area contributed by atoms with Crippen LogP contribution in [0.4, 0.5) is 4.39 Å². The maximum atomic E-state index is 13.2. The fourth-order valence-electron chi connectivity index (χ4n) is 1.77. The van der Waals surface area contributed by atoms with Gasteiger partial charge >= 0.3 is 0 Å². The molecule has 112 valence electrons. The second kappa shape index (κ2) is 6.04. The molecule has 0 spiro atoms. The van der Waals surface area contributed by atoms with Crippen LogP contribution in [0.3, 0.4) is 0 Å². The van der Waals surface area contributed by atoms with E-state index in [-0.39, 0.29) is 17.9 Å². The predicted octanol–water partition coefficient (Wildman–Crippen LogP) is 1.23. The lowest BCUT2D eigenvalue weighted by Crippen LogP contribution is -2.31. The normalized spacial score (nSPS) is 11.3. The van der Waals surface area contributed by atoms with Crippen LogP contribution < -0.4 is 4.72 Å². The summed E-state index contributed by atoms with van der Waals surface area (Å²) in [7, 11) is -4.06. The lowest BCUT2D eigenvalue weighted by molar-refractivity contribution is -0.119. The fraction of sp³-hybridized carbons (Fsp3) is 0.231. The van der Waals surface area contributed by atoms with Gasteiger partial charge in [-0.05, 0) is 36.8 Å². The van der Waals surface area contributed by atoms with Crippen LogP contribution in [-0.4, -0.2) is 24.1 Å². The lowest BCUT2D eigenvalue weighted by Gasteiger charge is -2.08. The minimum atomic E-state index is -4.06. The molecule has 2 rings (SSSR count). The number of nitrogens with one attached hydrogen (secondary N) is 1. The molecule has 0 aliphatic rings. The smallest absolute Gasteiger partial charge is 0.264 e. The Morgan fingerprint density at radius 1 is 1.38 bits per heavy atom. The van der Waals surface area contributed by atoms with Crippen LogP contribution >= 0.6 is 0 Å². The molecule has 8 heteroatoms. The predicted molar refractivity (Wildman–Crippen MR) is 73.3 cm³/mol. The Morgan fingerprint density at radius 2 is 2.14 bits per heavy atom. The maximum Gasteiger partial charge on any atom is 0.264 e. The minimum Gasteiger partial charge on any atom is -0.274 e. The zero-order valence-electron chi connectivity index (χ0n) is 11.3. The third-order valence-corrected chi connectivity index (χ3v) is 4.05. The van der Waals surface area contributed by atoms with Gasteiger partial charge in [-0.15, -0.1) is 0 Å². The summed E-state index contributed by atoms with van der Waals surface area (Å²) in [4.78, 5) is 11.4. The first kappa shape index (κ1) is 15.2. The van der Waals surface area contributed by atoms with Crippen LogP contribution in [0, 0.1) is 12.7 Å². The third kappa shape index (κ3) is 4.12. The van der Waals surface area contributed by atoms with Gasteiger partial charge in [-0.25, -0.2) is 17.5 Å². The van der Waals surface area contributed by atoms with Gasteiger partial charge in [0.05, 0.1) is 4.90 Å². The molecule has 1 amide bonds. The standard InChI is InChI=1S/C13H14FN3O3S/c1-10-7-11(14)9-12(8-10)21(19,20)16-13(18)3-6-17-5-2-4-15-17/h2,4-5,7-9H,3,6H2,1H3,(H,16,18). The van der Waals surface area contributed by atoms with E-state index in [2.05, 4.69) is 5.10 Å². The Morgan fingerprint density at radius 3 is 2.76 bits per heavy atom. The Labute approximate surface area is 121 Å². The van der Waals surface area contributed by atoms with Crippen molar-refractivity contribution in [1.29, 1.82) is 0 Å². The van der Waals surface area contributed by atoms with Crippen molar-refractivity contribution in [1.82, 2.24) is 14.5 Å². The second-order valence-electron chi connectivity index (χ2n) is 4.51. The van der Waals surface area contributed by atoms with Crippen LogP contribution in [-0.2, 0) is 21.4 Å². The summed E-state index contributed by atoms with van der Waals surface area (Å²) in [5.41, 5.74) is 0.458. The van der Waals surface area contributed by atoms with Gasteiger partial charge in [-0.1, -0.05) is 0 Å². The number of aromatic nitrogens is 2. The highest BCUT2D eigenvalue weighted by molar-refractivity contribution is 7.90. The van der Waals surface area contributed by atoms with Gasteiger partial charge in [-0.3, -0.25) is 9.48 Å². The molecule has 0 aliphatic carbocycles. The molecule has 1 heterocycles. The largest absolute Gasteiger partial charge is 0.274 e. The SMILES string of the molecule is Cc1cc(F)cc(S(=O)(=O)NC(=O)CCn2cccn2)c1. The highest BCUT2D eigenvalue weighted by Crippen LogP contribution is 2.13. The van der Waals surface area contributed by atoms with Crippen LogP contribution in [0.2, 0.25) is 0 Å². The fourth-order valence-corrected chi connectivity index (χ4v) is 2.89. The molecule has 21 heavy (non-hydrogen) atoms. The Kier molecular flexibility index (Phi) is 4.37. The number of benzene rings is 1. The molecule has 6 nitrogen and oxygen atoms in total. The van der Waals surface area contributed by atoms with E-state index in [1.54, 1.807) is 25.4 Å². The van der Waals surface area contributed by atoms with Gasteiger partial charge in [0.1, 0.15) is 5.82 Å². The number of carbonyl (C=O) groups is 1. The number of hydrogen-bond acceptors (Lipinski definition) is 4. The zero-order valence-corrected chi connectivity index (χ0v) is 12.1. The van der Waals surface area contributed by atoms with Gasteiger partial charge in [0.2, 0.25) is 5.91 Å². The summed E-state index contributed by atoms with van der Waals surface area (Å²) in [5.74, 6) is -1.34. The van der Waals surface area contributed by atoms with E-state index in [9.17, 15) is 17.6 Å². The first-order chi connectivity index (χ1) is 9.87. The van der Waals surface area contributed by atoms with Crippen molar-refractivity contribution in [2.75, 3.05) is 0 Å². The molecular formula is C13H14FN3O3S. The van der Waals surface area contributed by atoms with Crippen LogP contribution in [0.1, 0.15) is 12.0 Å². The summed E-state index contributed by atoms with van der Waals surface area (Å²) >= 11 is 0. The lowest BCUT2D eigenvalue weighted by atomic mass is 10.2. The molecule has 0 atom stereocenters. The number of amides is 1. The molecule has 0 aliphatic heterocycles. The van der Waals surface area contributed by atoms with Crippen molar-refractivity contribution in [3.63, 3.8) is 0 Å². The molecular weight excluding hydrogens is 297 g/mol. The van der Waals surface area contributed by atoms with E-state index in [4.69, 9.17) is 0 Å². The van der Waals surface area contributed by atoms with Gasteiger partial charge in [0.25, 0.3) is 10.0 Å². The van der Waals surface area contributed by atoms with Gasteiger partial charge < -0.3 is 0 Å². The Bertz CT molecular complexity index is 722. The van der Waals surface area contributed by atoms with Gasteiger partial charge in [0.15, 0.2) is 0 Å². The number of nitrogens with zero attached hydrogens (tertiary/aromatic N) is 2. The molecule has 0 fully saturated rings. The van der Waals surface area contributed by atoms with Crippen LogP contribution in [0.25, 0.3) is 0 Å². The zero-order chi connectivity index (χ0) is 15.5. The van der Waals surface area contributed by atoms with E-state index in [0.29, 0.717) is 5.56 Å². The van der Waals surface area contributed by atoms with E-state index in [1.807, 2.05) is 4.72 Å². The number of hydrogen-bond donors (Lipinski definition) is 1. The summed E-state index contributed by atoms with van der Waals surface area (Å²) in [6.45, 7) is 1.83. The van der Waals surface area contributed by atoms with Crippen molar-refractivity contribution < 1.29 is 17.6 Å². The second-order valence-corrected chi connectivity index (χ2v) is 6.19. The Balaban J connectivity index is 2.04. The monoisotopic (exact) mass is 311 g/mol. The topological polar surface area (TPSA) is 81.1 Å². The first-order valence-electron chi connectivity index (χ1n) is 6.17.